The number of rotatable bonds is 6. The Kier molecular flexibility index (Phi) is 6.45. The average Bonchev–Trinajstić information content (AvgIpc) is 2.03. The molecule has 0 aliphatic carbocycles. The van der Waals surface area contributed by atoms with E-state index in [2.05, 4.69) is 34.6 Å². The molecule has 0 N–H and O–H groups in total. The van der Waals surface area contributed by atoms with Crippen molar-refractivity contribution >= 4 is 0 Å². The van der Waals surface area contributed by atoms with E-state index in [1.165, 1.54) is 12.8 Å². The summed E-state index contributed by atoms with van der Waals surface area (Å²) in [6.07, 6.45) is 2.93. The van der Waals surface area contributed by atoms with E-state index in [1.807, 2.05) is 0 Å². The van der Waals surface area contributed by atoms with E-state index in [-0.39, 0.29) is 0 Å². The quantitative estimate of drug-likeness (QED) is 0.596. The fourth-order valence-corrected chi connectivity index (χ4v) is 1.57. The molecule has 0 saturated carbocycles. The first-order valence-corrected chi connectivity index (χ1v) is 5.23. The lowest BCUT2D eigenvalue weighted by molar-refractivity contribution is 0.0387. The van der Waals surface area contributed by atoms with Crippen LogP contribution in [0.3, 0.4) is 0 Å². The van der Waals surface area contributed by atoms with Gasteiger partial charge < -0.3 is 4.74 Å². The van der Waals surface area contributed by atoms with Crippen LogP contribution in [0.5, 0.6) is 0 Å². The molecule has 0 aliphatic rings. The number of hydrogen-bond donors (Lipinski definition) is 0. The van der Waals surface area contributed by atoms with Crippen molar-refractivity contribution in [3.8, 4) is 0 Å². The van der Waals surface area contributed by atoms with Gasteiger partial charge in [0.1, 0.15) is 0 Å². The van der Waals surface area contributed by atoms with Crippen molar-refractivity contribution in [2.45, 2.75) is 53.6 Å². The van der Waals surface area contributed by atoms with Crippen LogP contribution >= 0.6 is 0 Å². The summed E-state index contributed by atoms with van der Waals surface area (Å²) in [4.78, 5) is 0. The first-order chi connectivity index (χ1) is 5.61. The van der Waals surface area contributed by atoms with Crippen molar-refractivity contribution in [2.75, 3.05) is 6.61 Å². The van der Waals surface area contributed by atoms with Crippen molar-refractivity contribution in [1.82, 2.24) is 0 Å². The van der Waals surface area contributed by atoms with Gasteiger partial charge >= 0.3 is 0 Å². The van der Waals surface area contributed by atoms with Gasteiger partial charge in [-0.2, -0.15) is 0 Å². The summed E-state index contributed by atoms with van der Waals surface area (Å²) in [7, 11) is 0. The molecule has 0 aromatic rings. The highest BCUT2D eigenvalue weighted by atomic mass is 16.5. The largest absolute Gasteiger partial charge is 0.379 e. The summed E-state index contributed by atoms with van der Waals surface area (Å²) in [6.45, 7) is 11.9. The van der Waals surface area contributed by atoms with Crippen LogP contribution in [0.15, 0.2) is 0 Å². The van der Waals surface area contributed by atoms with E-state index in [1.54, 1.807) is 0 Å². The first-order valence-electron chi connectivity index (χ1n) is 5.23. The van der Waals surface area contributed by atoms with E-state index in [9.17, 15) is 0 Å². The molecule has 0 spiro atoms. The van der Waals surface area contributed by atoms with Crippen LogP contribution in [0.25, 0.3) is 0 Å². The van der Waals surface area contributed by atoms with Crippen molar-refractivity contribution < 1.29 is 4.74 Å². The molecule has 0 aliphatic heterocycles. The molecule has 74 valence electrons. The SMILES string of the molecule is CCC(CC)C(C)COC(C)C. The zero-order chi connectivity index (χ0) is 9.56. The van der Waals surface area contributed by atoms with Gasteiger partial charge in [0, 0.05) is 6.61 Å². The normalized spacial score (nSPS) is 14.2. The summed E-state index contributed by atoms with van der Waals surface area (Å²) in [5.41, 5.74) is 0. The topological polar surface area (TPSA) is 9.23 Å². The summed E-state index contributed by atoms with van der Waals surface area (Å²) in [5, 5.41) is 0. The van der Waals surface area contributed by atoms with Gasteiger partial charge in [-0.25, -0.2) is 0 Å². The highest BCUT2D eigenvalue weighted by Crippen LogP contribution is 2.19. The summed E-state index contributed by atoms with van der Waals surface area (Å²) < 4.78 is 5.59. The van der Waals surface area contributed by atoms with E-state index in [0.29, 0.717) is 12.0 Å². The molecule has 1 atom stereocenters. The molecule has 0 rings (SSSR count). The Morgan fingerprint density at radius 2 is 1.50 bits per heavy atom. The maximum absolute atomic E-state index is 5.59. The van der Waals surface area contributed by atoms with Crippen LogP contribution in [0.4, 0.5) is 0 Å². The van der Waals surface area contributed by atoms with E-state index in [4.69, 9.17) is 4.74 Å². The molecule has 0 fully saturated rings. The van der Waals surface area contributed by atoms with Gasteiger partial charge in [0.05, 0.1) is 6.10 Å². The molecule has 1 nitrogen and oxygen atoms in total. The van der Waals surface area contributed by atoms with Gasteiger partial charge in [0.25, 0.3) is 0 Å². The minimum Gasteiger partial charge on any atom is -0.379 e. The van der Waals surface area contributed by atoms with Crippen molar-refractivity contribution in [3.05, 3.63) is 0 Å². The third-order valence-electron chi connectivity index (χ3n) is 2.55. The predicted octanol–water partition coefficient (Wildman–Crippen LogP) is 3.48. The summed E-state index contributed by atoms with van der Waals surface area (Å²) >= 11 is 0. The minimum absolute atomic E-state index is 0.377. The van der Waals surface area contributed by atoms with E-state index in [0.717, 1.165) is 12.5 Å². The second kappa shape index (κ2) is 6.47. The van der Waals surface area contributed by atoms with Crippen LogP contribution in [-0.2, 0) is 4.74 Å². The summed E-state index contributed by atoms with van der Waals surface area (Å²) in [6, 6.07) is 0. The molecule has 0 heterocycles. The van der Waals surface area contributed by atoms with Crippen molar-refractivity contribution in [2.24, 2.45) is 11.8 Å². The van der Waals surface area contributed by atoms with Gasteiger partial charge in [0.2, 0.25) is 0 Å². The maximum Gasteiger partial charge on any atom is 0.0519 e. The standard InChI is InChI=1S/C11H24O/c1-6-11(7-2)10(5)8-12-9(3)4/h9-11H,6-8H2,1-5H3. The monoisotopic (exact) mass is 172 g/mol. The van der Waals surface area contributed by atoms with Gasteiger partial charge in [-0.3, -0.25) is 0 Å². The Labute approximate surface area is 77.5 Å². The lowest BCUT2D eigenvalue weighted by Gasteiger charge is -2.22. The lowest BCUT2D eigenvalue weighted by atomic mass is 9.90. The van der Waals surface area contributed by atoms with Crippen LogP contribution in [0.2, 0.25) is 0 Å². The number of ether oxygens (including phenoxy) is 1. The third kappa shape index (κ3) is 4.76. The predicted molar refractivity (Wildman–Crippen MR) is 54.3 cm³/mol. The molecule has 0 aromatic heterocycles. The Morgan fingerprint density at radius 3 is 1.83 bits per heavy atom. The van der Waals surface area contributed by atoms with E-state index < -0.39 is 0 Å². The van der Waals surface area contributed by atoms with Crippen molar-refractivity contribution in [1.29, 1.82) is 0 Å². The molecule has 0 amide bonds. The fourth-order valence-electron chi connectivity index (χ4n) is 1.57. The highest BCUT2D eigenvalue weighted by molar-refractivity contribution is 4.63. The van der Waals surface area contributed by atoms with Crippen molar-refractivity contribution in [3.63, 3.8) is 0 Å². The molecular formula is C11H24O. The van der Waals surface area contributed by atoms with Crippen LogP contribution in [-0.4, -0.2) is 12.7 Å². The molecular weight excluding hydrogens is 148 g/mol. The van der Waals surface area contributed by atoms with Crippen LogP contribution < -0.4 is 0 Å². The number of hydrogen-bond acceptors (Lipinski definition) is 1. The minimum atomic E-state index is 0.377. The Balaban J connectivity index is 3.61. The average molecular weight is 172 g/mol. The van der Waals surface area contributed by atoms with Gasteiger partial charge in [-0.15, -0.1) is 0 Å². The molecule has 0 bridgehead atoms. The van der Waals surface area contributed by atoms with Gasteiger partial charge in [-0.05, 0) is 25.7 Å². The summed E-state index contributed by atoms with van der Waals surface area (Å²) in [5.74, 6) is 1.55. The smallest absolute Gasteiger partial charge is 0.0519 e. The van der Waals surface area contributed by atoms with E-state index >= 15 is 0 Å². The second-order valence-corrected chi connectivity index (χ2v) is 3.94. The molecule has 1 heteroatoms. The molecule has 1 unspecified atom stereocenters. The lowest BCUT2D eigenvalue weighted by Crippen LogP contribution is -2.18. The van der Waals surface area contributed by atoms with Crippen LogP contribution in [0.1, 0.15) is 47.5 Å². The Morgan fingerprint density at radius 1 is 1.00 bits per heavy atom. The first kappa shape index (κ1) is 12.0. The molecule has 12 heavy (non-hydrogen) atoms. The maximum atomic E-state index is 5.59. The molecule has 0 saturated heterocycles. The van der Waals surface area contributed by atoms with Gasteiger partial charge in [-0.1, -0.05) is 33.6 Å². The Hall–Kier alpha value is -0.0400. The molecule has 0 aromatic carbocycles. The second-order valence-electron chi connectivity index (χ2n) is 3.94. The van der Waals surface area contributed by atoms with Gasteiger partial charge in [0.15, 0.2) is 0 Å². The fraction of sp³-hybridized carbons (Fsp3) is 1.00. The zero-order valence-corrected chi connectivity index (χ0v) is 9.26. The third-order valence-corrected chi connectivity index (χ3v) is 2.55. The zero-order valence-electron chi connectivity index (χ0n) is 9.26. The molecule has 0 radical (unpaired) electrons. The van der Waals surface area contributed by atoms with Crippen LogP contribution in [0, 0.1) is 11.8 Å². The Bertz CT molecular complexity index is 95.2. The highest BCUT2D eigenvalue weighted by Gasteiger charge is 2.13.